The van der Waals surface area contributed by atoms with Gasteiger partial charge in [-0.1, -0.05) is 6.92 Å². The maximum absolute atomic E-state index is 5.81. The van der Waals surface area contributed by atoms with Gasteiger partial charge in [0.15, 0.2) is 0 Å². The van der Waals surface area contributed by atoms with Gasteiger partial charge in [0.05, 0.1) is 5.69 Å². The monoisotopic (exact) mass is 275 g/mol. The van der Waals surface area contributed by atoms with Crippen LogP contribution in [0.15, 0.2) is 12.1 Å². The molecule has 0 radical (unpaired) electrons. The largest absolute Gasteiger partial charge is 0.421 e. The average Bonchev–Trinajstić information content (AvgIpc) is 2.68. The predicted molar refractivity (Wildman–Crippen MR) is 78.2 cm³/mol. The summed E-state index contributed by atoms with van der Waals surface area (Å²) in [5.74, 6) is 2.80. The molecule has 0 aliphatic carbocycles. The van der Waals surface area contributed by atoms with Crippen molar-refractivity contribution in [1.29, 1.82) is 0 Å². The molecule has 0 amide bonds. The lowest BCUT2D eigenvalue weighted by Crippen LogP contribution is -2.05. The summed E-state index contributed by atoms with van der Waals surface area (Å²) < 4.78 is 7.51. The van der Waals surface area contributed by atoms with E-state index in [1.165, 1.54) is 0 Å². The van der Waals surface area contributed by atoms with Crippen LogP contribution in [0, 0.1) is 6.92 Å². The summed E-state index contributed by atoms with van der Waals surface area (Å²) >= 11 is 0. The Morgan fingerprint density at radius 2 is 2.05 bits per heavy atom. The molecule has 0 fully saturated rings. The van der Waals surface area contributed by atoms with Crippen LogP contribution in [-0.4, -0.2) is 26.3 Å². The van der Waals surface area contributed by atoms with Crippen LogP contribution in [0.5, 0.6) is 11.8 Å². The Kier molecular flexibility index (Phi) is 4.55. The first-order valence-corrected chi connectivity index (χ1v) is 6.92. The lowest BCUT2D eigenvalue weighted by atomic mass is 10.3. The van der Waals surface area contributed by atoms with Crippen LogP contribution in [-0.2, 0) is 13.5 Å². The molecule has 1 N–H and O–H groups in total. The fraction of sp³-hybridized carbons (Fsp3) is 0.500. The second kappa shape index (κ2) is 6.36. The van der Waals surface area contributed by atoms with Crippen LogP contribution in [0.3, 0.4) is 0 Å². The van der Waals surface area contributed by atoms with Crippen molar-refractivity contribution in [1.82, 2.24) is 19.7 Å². The molecule has 6 heteroatoms. The Hall–Kier alpha value is -2.11. The van der Waals surface area contributed by atoms with E-state index >= 15 is 0 Å². The van der Waals surface area contributed by atoms with Crippen LogP contribution in [0.2, 0.25) is 0 Å². The van der Waals surface area contributed by atoms with Gasteiger partial charge in [0.1, 0.15) is 11.6 Å². The molecular formula is C14H21N5O. The number of aryl methyl sites for hydroxylation is 3. The van der Waals surface area contributed by atoms with Crippen LogP contribution >= 0.6 is 0 Å². The first kappa shape index (κ1) is 14.3. The molecule has 6 nitrogen and oxygen atoms in total. The zero-order valence-corrected chi connectivity index (χ0v) is 12.5. The molecular weight excluding hydrogens is 254 g/mol. The molecule has 0 spiro atoms. The molecule has 0 unspecified atom stereocenters. The Bertz CT molecular complexity index is 555. The number of nitrogens with one attached hydrogen (secondary N) is 1. The highest BCUT2D eigenvalue weighted by molar-refractivity contribution is 5.39. The molecule has 108 valence electrons. The summed E-state index contributed by atoms with van der Waals surface area (Å²) in [5, 5.41) is 7.46. The Labute approximate surface area is 119 Å². The van der Waals surface area contributed by atoms with Crippen LogP contribution < -0.4 is 10.1 Å². The molecule has 0 aliphatic heterocycles. The van der Waals surface area contributed by atoms with Crippen molar-refractivity contribution in [3.63, 3.8) is 0 Å². The lowest BCUT2D eigenvalue weighted by molar-refractivity contribution is 0.412. The quantitative estimate of drug-likeness (QED) is 0.878. The first-order valence-electron chi connectivity index (χ1n) is 6.92. The minimum Gasteiger partial charge on any atom is -0.421 e. The molecule has 2 rings (SSSR count). The number of nitrogens with zero attached hydrogens (tertiary/aromatic N) is 4. The average molecular weight is 275 g/mol. The van der Waals surface area contributed by atoms with Gasteiger partial charge in [0.25, 0.3) is 0 Å². The SMILES string of the molecule is CCCc1nc(NCC)cc(Oc2cc(C)nn2C)n1. The smallest absolute Gasteiger partial charge is 0.226 e. The number of aromatic nitrogens is 4. The van der Waals surface area contributed by atoms with Gasteiger partial charge >= 0.3 is 0 Å². The summed E-state index contributed by atoms with van der Waals surface area (Å²) in [5.41, 5.74) is 0.914. The Morgan fingerprint density at radius 1 is 1.25 bits per heavy atom. The highest BCUT2D eigenvalue weighted by Gasteiger charge is 2.09. The summed E-state index contributed by atoms with van der Waals surface area (Å²) in [4.78, 5) is 8.89. The maximum atomic E-state index is 5.81. The van der Waals surface area contributed by atoms with Crippen LogP contribution in [0.1, 0.15) is 31.8 Å². The van der Waals surface area contributed by atoms with E-state index in [-0.39, 0.29) is 0 Å². The third-order valence-corrected chi connectivity index (χ3v) is 2.75. The molecule has 2 heterocycles. The third-order valence-electron chi connectivity index (χ3n) is 2.75. The van der Waals surface area contributed by atoms with E-state index in [9.17, 15) is 0 Å². The molecule has 2 aromatic rings. The van der Waals surface area contributed by atoms with Crippen LogP contribution in [0.4, 0.5) is 5.82 Å². The molecule has 0 saturated heterocycles. The number of hydrogen-bond acceptors (Lipinski definition) is 5. The van der Waals surface area contributed by atoms with Gasteiger partial charge in [0, 0.05) is 32.1 Å². The van der Waals surface area contributed by atoms with E-state index in [1.54, 1.807) is 4.68 Å². The van der Waals surface area contributed by atoms with E-state index in [4.69, 9.17) is 4.74 Å². The number of ether oxygens (including phenoxy) is 1. The van der Waals surface area contributed by atoms with Crippen LogP contribution in [0.25, 0.3) is 0 Å². The van der Waals surface area contributed by atoms with E-state index in [1.807, 2.05) is 33.0 Å². The Balaban J connectivity index is 2.27. The first-order chi connectivity index (χ1) is 9.62. The van der Waals surface area contributed by atoms with Gasteiger partial charge in [0.2, 0.25) is 11.8 Å². The van der Waals surface area contributed by atoms with Gasteiger partial charge < -0.3 is 10.1 Å². The highest BCUT2D eigenvalue weighted by Crippen LogP contribution is 2.22. The molecule has 2 aromatic heterocycles. The van der Waals surface area contributed by atoms with E-state index in [2.05, 4.69) is 27.3 Å². The van der Waals surface area contributed by atoms with E-state index < -0.39 is 0 Å². The standard InChI is InChI=1S/C14H21N5O/c1-5-7-11-16-12(15-6-2)9-13(17-11)20-14-8-10(3)18-19(14)4/h8-9H,5-7H2,1-4H3,(H,15,16,17). The fourth-order valence-corrected chi connectivity index (χ4v) is 1.92. The lowest BCUT2D eigenvalue weighted by Gasteiger charge is -2.09. The van der Waals surface area contributed by atoms with Crippen molar-refractivity contribution >= 4 is 5.82 Å². The minimum atomic E-state index is 0.544. The van der Waals surface area contributed by atoms with E-state index in [0.717, 1.165) is 36.7 Å². The summed E-state index contributed by atoms with van der Waals surface area (Å²) in [6, 6.07) is 3.69. The van der Waals surface area contributed by atoms with E-state index in [0.29, 0.717) is 11.8 Å². The molecule has 0 aliphatic rings. The third kappa shape index (κ3) is 3.46. The van der Waals surface area contributed by atoms with Crippen molar-refractivity contribution in [2.75, 3.05) is 11.9 Å². The second-order valence-electron chi connectivity index (χ2n) is 4.64. The summed E-state index contributed by atoms with van der Waals surface area (Å²) in [6.45, 7) is 6.88. The Morgan fingerprint density at radius 3 is 2.65 bits per heavy atom. The second-order valence-corrected chi connectivity index (χ2v) is 4.64. The molecule has 20 heavy (non-hydrogen) atoms. The fourth-order valence-electron chi connectivity index (χ4n) is 1.92. The number of rotatable bonds is 6. The van der Waals surface area contributed by atoms with Crippen molar-refractivity contribution in [2.24, 2.45) is 7.05 Å². The molecule has 0 atom stereocenters. The number of anilines is 1. The van der Waals surface area contributed by atoms with Crippen molar-refractivity contribution in [2.45, 2.75) is 33.6 Å². The van der Waals surface area contributed by atoms with Gasteiger partial charge in [-0.15, -0.1) is 0 Å². The normalized spacial score (nSPS) is 10.6. The molecule has 0 saturated carbocycles. The predicted octanol–water partition coefficient (Wildman–Crippen LogP) is 2.70. The number of hydrogen-bond donors (Lipinski definition) is 1. The summed E-state index contributed by atoms with van der Waals surface area (Å²) in [7, 11) is 1.85. The van der Waals surface area contributed by atoms with Gasteiger partial charge in [-0.3, -0.25) is 0 Å². The topological polar surface area (TPSA) is 64.9 Å². The summed E-state index contributed by atoms with van der Waals surface area (Å²) in [6.07, 6.45) is 1.83. The minimum absolute atomic E-state index is 0.544. The van der Waals surface area contributed by atoms with Crippen molar-refractivity contribution < 1.29 is 4.74 Å². The molecule has 0 aromatic carbocycles. The van der Waals surface area contributed by atoms with Gasteiger partial charge in [-0.2, -0.15) is 10.1 Å². The zero-order chi connectivity index (χ0) is 14.5. The maximum Gasteiger partial charge on any atom is 0.226 e. The zero-order valence-electron chi connectivity index (χ0n) is 12.5. The van der Waals surface area contributed by atoms with Crippen molar-refractivity contribution in [3.8, 4) is 11.8 Å². The molecule has 0 bridgehead atoms. The highest BCUT2D eigenvalue weighted by atomic mass is 16.5. The van der Waals surface area contributed by atoms with Gasteiger partial charge in [-0.25, -0.2) is 9.67 Å². The van der Waals surface area contributed by atoms with Gasteiger partial charge in [-0.05, 0) is 20.3 Å². The van der Waals surface area contributed by atoms with Crippen molar-refractivity contribution in [3.05, 3.63) is 23.7 Å².